The molecule has 0 unspecified atom stereocenters. The molecule has 1 saturated heterocycles. The van der Waals surface area contributed by atoms with Crippen molar-refractivity contribution >= 4 is 0 Å². The number of hydrogen-bond donors (Lipinski definition) is 0. The van der Waals surface area contributed by atoms with E-state index in [1.54, 1.807) is 0 Å². The lowest BCUT2D eigenvalue weighted by Gasteiger charge is -2.29. The molecule has 0 spiro atoms. The number of hydrogen-bond acceptors (Lipinski definition) is 1. The van der Waals surface area contributed by atoms with Crippen molar-refractivity contribution in [1.82, 2.24) is 4.90 Å². The minimum Gasteiger partial charge on any atom is -0.303 e. The van der Waals surface area contributed by atoms with Crippen LogP contribution in [0.25, 0.3) is 0 Å². The van der Waals surface area contributed by atoms with Crippen molar-refractivity contribution < 1.29 is 0 Å². The molecule has 0 atom stereocenters. The molecular weight excluding hydrogens is 170 g/mol. The molecule has 0 bridgehead atoms. The molecule has 0 aliphatic carbocycles. The van der Waals surface area contributed by atoms with Crippen molar-refractivity contribution in [3.63, 3.8) is 0 Å². The van der Waals surface area contributed by atoms with Crippen molar-refractivity contribution in [1.29, 1.82) is 0 Å². The van der Waals surface area contributed by atoms with Crippen molar-refractivity contribution in [3.05, 3.63) is 12.2 Å². The molecule has 0 aromatic carbocycles. The Morgan fingerprint density at radius 1 is 1.14 bits per heavy atom. The van der Waals surface area contributed by atoms with Crippen LogP contribution < -0.4 is 0 Å². The molecule has 0 N–H and O–H groups in total. The zero-order chi connectivity index (χ0) is 10.6. The number of rotatable bonds is 3. The van der Waals surface area contributed by atoms with Gasteiger partial charge in [0, 0.05) is 6.54 Å². The van der Waals surface area contributed by atoms with Gasteiger partial charge in [-0.3, -0.25) is 0 Å². The lowest BCUT2D eigenvalue weighted by Crippen LogP contribution is -2.31. The van der Waals surface area contributed by atoms with Gasteiger partial charge < -0.3 is 4.90 Å². The molecule has 0 saturated carbocycles. The van der Waals surface area contributed by atoms with Gasteiger partial charge in [0.25, 0.3) is 0 Å². The van der Waals surface area contributed by atoms with Crippen molar-refractivity contribution in [2.24, 2.45) is 5.41 Å². The highest BCUT2D eigenvalue weighted by Crippen LogP contribution is 2.26. The Morgan fingerprint density at radius 3 is 2.21 bits per heavy atom. The van der Waals surface area contributed by atoms with Gasteiger partial charge in [0.2, 0.25) is 0 Å². The monoisotopic (exact) mass is 195 g/mol. The summed E-state index contributed by atoms with van der Waals surface area (Å²) in [6, 6.07) is 0. The molecule has 1 aliphatic heterocycles. The van der Waals surface area contributed by atoms with Crippen LogP contribution in [-0.4, -0.2) is 24.5 Å². The number of nitrogens with zero attached hydrogens (tertiary/aromatic N) is 1. The SMILES string of the molecule is C=C(CCN1CCCCC1)C(C)(C)C. The van der Waals surface area contributed by atoms with E-state index in [0.717, 1.165) is 0 Å². The summed E-state index contributed by atoms with van der Waals surface area (Å²) in [5.74, 6) is 0. The van der Waals surface area contributed by atoms with E-state index in [4.69, 9.17) is 0 Å². The fourth-order valence-corrected chi connectivity index (χ4v) is 1.85. The first-order valence-electron chi connectivity index (χ1n) is 5.91. The van der Waals surface area contributed by atoms with Crippen LogP contribution in [0.2, 0.25) is 0 Å². The van der Waals surface area contributed by atoms with Crippen molar-refractivity contribution in [3.8, 4) is 0 Å². The van der Waals surface area contributed by atoms with Gasteiger partial charge in [0.15, 0.2) is 0 Å². The zero-order valence-corrected chi connectivity index (χ0v) is 10.1. The summed E-state index contributed by atoms with van der Waals surface area (Å²) in [5.41, 5.74) is 1.68. The highest BCUT2D eigenvalue weighted by Gasteiger charge is 2.16. The molecule has 1 nitrogen and oxygen atoms in total. The van der Waals surface area contributed by atoms with Gasteiger partial charge in [-0.2, -0.15) is 0 Å². The highest BCUT2D eigenvalue weighted by molar-refractivity contribution is 5.05. The predicted molar refractivity (Wildman–Crippen MR) is 63.5 cm³/mol. The van der Waals surface area contributed by atoms with Crippen LogP contribution in [-0.2, 0) is 0 Å². The summed E-state index contributed by atoms with van der Waals surface area (Å²) in [6.07, 6.45) is 5.38. The summed E-state index contributed by atoms with van der Waals surface area (Å²) in [4.78, 5) is 2.58. The van der Waals surface area contributed by atoms with E-state index in [-0.39, 0.29) is 5.41 Å². The molecule has 0 radical (unpaired) electrons. The number of piperidine rings is 1. The van der Waals surface area contributed by atoms with Gasteiger partial charge in [-0.25, -0.2) is 0 Å². The van der Waals surface area contributed by atoms with E-state index in [1.807, 2.05) is 0 Å². The topological polar surface area (TPSA) is 3.24 Å². The number of likely N-dealkylation sites (tertiary alicyclic amines) is 1. The third-order valence-corrected chi connectivity index (χ3v) is 3.24. The second-order valence-electron chi connectivity index (χ2n) is 5.51. The van der Waals surface area contributed by atoms with Crippen molar-refractivity contribution in [2.75, 3.05) is 19.6 Å². The van der Waals surface area contributed by atoms with E-state index in [1.165, 1.54) is 50.9 Å². The molecular formula is C13H25N. The summed E-state index contributed by atoms with van der Waals surface area (Å²) in [6.45, 7) is 14.8. The van der Waals surface area contributed by atoms with Crippen LogP contribution in [0.1, 0.15) is 46.5 Å². The first kappa shape index (κ1) is 11.8. The lowest BCUT2D eigenvalue weighted by atomic mass is 9.85. The molecule has 14 heavy (non-hydrogen) atoms. The van der Waals surface area contributed by atoms with Crippen LogP contribution in [0, 0.1) is 5.41 Å². The first-order valence-corrected chi connectivity index (χ1v) is 5.91. The average Bonchev–Trinajstić information content (AvgIpc) is 2.14. The minimum atomic E-state index is 0.287. The standard InChI is InChI=1S/C13H25N/c1-12(13(2,3)4)8-11-14-9-6-5-7-10-14/h1,5-11H2,2-4H3. The van der Waals surface area contributed by atoms with Crippen LogP contribution in [0.15, 0.2) is 12.2 Å². The summed E-state index contributed by atoms with van der Waals surface area (Å²) in [5, 5.41) is 0. The van der Waals surface area contributed by atoms with Gasteiger partial charge in [-0.05, 0) is 37.8 Å². The average molecular weight is 195 g/mol. The summed E-state index contributed by atoms with van der Waals surface area (Å²) >= 11 is 0. The minimum absolute atomic E-state index is 0.287. The fraction of sp³-hybridized carbons (Fsp3) is 0.846. The Balaban J connectivity index is 2.22. The predicted octanol–water partition coefficient (Wildman–Crippen LogP) is 3.46. The first-order chi connectivity index (χ1) is 6.50. The van der Waals surface area contributed by atoms with Gasteiger partial charge in [0.05, 0.1) is 0 Å². The van der Waals surface area contributed by atoms with E-state index < -0.39 is 0 Å². The van der Waals surface area contributed by atoms with Crippen LogP contribution in [0.3, 0.4) is 0 Å². The van der Waals surface area contributed by atoms with Crippen LogP contribution in [0.4, 0.5) is 0 Å². The lowest BCUT2D eigenvalue weighted by molar-refractivity contribution is 0.227. The molecule has 82 valence electrons. The fourth-order valence-electron chi connectivity index (χ4n) is 1.85. The van der Waals surface area contributed by atoms with E-state index in [0.29, 0.717) is 0 Å². The third-order valence-electron chi connectivity index (χ3n) is 3.24. The van der Waals surface area contributed by atoms with Gasteiger partial charge >= 0.3 is 0 Å². The Bertz CT molecular complexity index is 182. The summed E-state index contributed by atoms with van der Waals surface area (Å²) < 4.78 is 0. The normalized spacial score (nSPS) is 19.6. The smallest absolute Gasteiger partial charge is 0.00187 e. The Kier molecular flexibility index (Phi) is 4.18. The maximum Gasteiger partial charge on any atom is 0.00187 e. The van der Waals surface area contributed by atoms with Gasteiger partial charge in [-0.15, -0.1) is 0 Å². The van der Waals surface area contributed by atoms with E-state index >= 15 is 0 Å². The zero-order valence-electron chi connectivity index (χ0n) is 10.1. The molecule has 0 aromatic heterocycles. The molecule has 0 amide bonds. The maximum atomic E-state index is 4.18. The molecule has 1 rings (SSSR count). The molecule has 1 heterocycles. The highest BCUT2D eigenvalue weighted by atomic mass is 15.1. The maximum absolute atomic E-state index is 4.18. The van der Waals surface area contributed by atoms with Gasteiger partial charge in [0.1, 0.15) is 0 Å². The third kappa shape index (κ3) is 3.83. The van der Waals surface area contributed by atoms with E-state index in [9.17, 15) is 0 Å². The van der Waals surface area contributed by atoms with E-state index in [2.05, 4.69) is 32.3 Å². The second kappa shape index (κ2) is 4.97. The second-order valence-corrected chi connectivity index (χ2v) is 5.51. The Morgan fingerprint density at radius 2 is 1.71 bits per heavy atom. The molecule has 1 fully saturated rings. The quantitative estimate of drug-likeness (QED) is 0.623. The summed E-state index contributed by atoms with van der Waals surface area (Å²) in [7, 11) is 0. The molecule has 1 heteroatoms. The molecule has 0 aromatic rings. The molecule has 1 aliphatic rings. The largest absolute Gasteiger partial charge is 0.303 e. The van der Waals surface area contributed by atoms with Gasteiger partial charge in [-0.1, -0.05) is 39.3 Å². The van der Waals surface area contributed by atoms with Crippen LogP contribution >= 0.6 is 0 Å². The van der Waals surface area contributed by atoms with Crippen LogP contribution in [0.5, 0.6) is 0 Å². The Hall–Kier alpha value is -0.300. The van der Waals surface area contributed by atoms with Crippen molar-refractivity contribution in [2.45, 2.75) is 46.5 Å². The Labute approximate surface area is 89.2 Å².